The summed E-state index contributed by atoms with van der Waals surface area (Å²) in [6.45, 7) is 0. The van der Waals surface area contributed by atoms with Crippen molar-refractivity contribution in [2.24, 2.45) is 0 Å². The summed E-state index contributed by atoms with van der Waals surface area (Å²) < 4.78 is 36.2. The number of hydrogen-bond donors (Lipinski definition) is 0. The summed E-state index contributed by atoms with van der Waals surface area (Å²) in [6, 6.07) is 15.3. The van der Waals surface area contributed by atoms with Crippen LogP contribution in [0.15, 0.2) is 59.5 Å². The minimum atomic E-state index is -3.37. The van der Waals surface area contributed by atoms with Gasteiger partial charge < -0.3 is 0 Å². The third-order valence-corrected chi connectivity index (χ3v) is 6.48. The summed E-state index contributed by atoms with van der Waals surface area (Å²) >= 11 is 5.78. The molecule has 0 aliphatic rings. The van der Waals surface area contributed by atoms with Crippen LogP contribution in [0.25, 0.3) is 0 Å². The Morgan fingerprint density at radius 1 is 0.952 bits per heavy atom. The fraction of sp³-hybridized carbons (Fsp3) is 0.200. The van der Waals surface area contributed by atoms with Gasteiger partial charge >= 0.3 is 0 Å². The monoisotopic (exact) mass is 342 g/mol. The fourth-order valence-corrected chi connectivity index (χ4v) is 5.05. The normalized spacial score (nSPS) is 13.0. The molecule has 1 atom stereocenters. The molecule has 2 rings (SSSR count). The van der Waals surface area contributed by atoms with Gasteiger partial charge in [0.15, 0.2) is 9.84 Å². The lowest BCUT2D eigenvalue weighted by Gasteiger charge is -2.05. The van der Waals surface area contributed by atoms with E-state index >= 15 is 0 Å². The minimum Gasteiger partial charge on any atom is -0.259 e. The summed E-state index contributed by atoms with van der Waals surface area (Å²) in [4.78, 5) is 0.272. The number of rotatable bonds is 6. The Kier molecular flexibility index (Phi) is 5.56. The average Bonchev–Trinajstić information content (AvgIpc) is 2.49. The van der Waals surface area contributed by atoms with Crippen LogP contribution in [0.3, 0.4) is 0 Å². The molecule has 0 saturated carbocycles. The van der Waals surface area contributed by atoms with Gasteiger partial charge in [-0.3, -0.25) is 4.21 Å². The molecule has 0 radical (unpaired) electrons. The Balaban J connectivity index is 1.93. The highest BCUT2D eigenvalue weighted by atomic mass is 35.5. The highest BCUT2D eigenvalue weighted by molar-refractivity contribution is 7.93. The van der Waals surface area contributed by atoms with E-state index in [-0.39, 0.29) is 16.4 Å². The Hall–Kier alpha value is -1.17. The molecule has 0 amide bonds. The number of halogens is 1. The van der Waals surface area contributed by atoms with Gasteiger partial charge in [-0.1, -0.05) is 41.9 Å². The predicted octanol–water partition coefficient (Wildman–Crippen LogP) is 3.06. The predicted molar refractivity (Wildman–Crippen MR) is 86.7 cm³/mol. The van der Waals surface area contributed by atoms with Crippen LogP contribution in [0.5, 0.6) is 0 Å². The van der Waals surface area contributed by atoms with Crippen molar-refractivity contribution in [2.45, 2.75) is 10.6 Å². The van der Waals surface area contributed by atoms with Crippen molar-refractivity contribution in [3.63, 3.8) is 0 Å². The molecule has 0 saturated heterocycles. The summed E-state index contributed by atoms with van der Waals surface area (Å²) in [6.07, 6.45) is 0. The average molecular weight is 343 g/mol. The first-order valence-corrected chi connectivity index (χ1v) is 9.86. The van der Waals surface area contributed by atoms with E-state index in [4.69, 9.17) is 11.6 Å². The van der Waals surface area contributed by atoms with Crippen molar-refractivity contribution in [3.8, 4) is 0 Å². The SMILES string of the molecule is O=[S@@](CCS(=O)(=O)c1ccccc1)Cc1ccc(Cl)cc1. The number of hydrogen-bond acceptors (Lipinski definition) is 3. The highest BCUT2D eigenvalue weighted by Crippen LogP contribution is 2.13. The Morgan fingerprint density at radius 2 is 1.57 bits per heavy atom. The lowest BCUT2D eigenvalue weighted by molar-refractivity contribution is 0.597. The molecule has 0 N–H and O–H groups in total. The zero-order valence-electron chi connectivity index (χ0n) is 11.2. The third-order valence-electron chi connectivity index (χ3n) is 2.92. The minimum absolute atomic E-state index is 0.114. The topological polar surface area (TPSA) is 51.2 Å². The molecule has 21 heavy (non-hydrogen) atoms. The maximum absolute atomic E-state index is 12.1. The lowest BCUT2D eigenvalue weighted by Crippen LogP contribution is -2.14. The van der Waals surface area contributed by atoms with Crippen molar-refractivity contribution in [3.05, 3.63) is 65.2 Å². The van der Waals surface area contributed by atoms with E-state index in [1.807, 2.05) is 0 Å². The molecule has 0 aliphatic heterocycles. The second-order valence-electron chi connectivity index (χ2n) is 4.55. The van der Waals surface area contributed by atoms with E-state index in [0.717, 1.165) is 5.56 Å². The summed E-state index contributed by atoms with van der Waals surface area (Å²) in [5, 5.41) is 0.621. The van der Waals surface area contributed by atoms with E-state index in [0.29, 0.717) is 10.8 Å². The first kappa shape index (κ1) is 16.2. The van der Waals surface area contributed by atoms with Crippen LogP contribution in [0.2, 0.25) is 5.02 Å². The van der Waals surface area contributed by atoms with Gasteiger partial charge in [0.05, 0.1) is 10.6 Å². The van der Waals surface area contributed by atoms with E-state index in [1.165, 1.54) is 0 Å². The quantitative estimate of drug-likeness (QED) is 0.810. The zero-order chi connectivity index (χ0) is 15.3. The van der Waals surface area contributed by atoms with E-state index in [2.05, 4.69) is 0 Å². The van der Waals surface area contributed by atoms with Gasteiger partial charge in [-0.25, -0.2) is 8.42 Å². The third kappa shape index (κ3) is 4.95. The van der Waals surface area contributed by atoms with Crippen LogP contribution < -0.4 is 0 Å². The van der Waals surface area contributed by atoms with Crippen LogP contribution >= 0.6 is 11.6 Å². The maximum Gasteiger partial charge on any atom is 0.179 e. The van der Waals surface area contributed by atoms with Crippen LogP contribution in [0.1, 0.15) is 5.56 Å². The highest BCUT2D eigenvalue weighted by Gasteiger charge is 2.15. The van der Waals surface area contributed by atoms with Crippen molar-refractivity contribution in [1.82, 2.24) is 0 Å². The number of benzene rings is 2. The molecule has 0 fully saturated rings. The second-order valence-corrected chi connectivity index (χ2v) is 8.67. The molecule has 0 unspecified atom stereocenters. The summed E-state index contributed by atoms with van der Waals surface area (Å²) in [5.41, 5.74) is 0.884. The van der Waals surface area contributed by atoms with E-state index in [1.54, 1.807) is 54.6 Å². The molecule has 6 heteroatoms. The van der Waals surface area contributed by atoms with Crippen molar-refractivity contribution in [2.75, 3.05) is 11.5 Å². The molecule has 0 aliphatic carbocycles. The first-order valence-electron chi connectivity index (χ1n) is 6.34. The van der Waals surface area contributed by atoms with E-state index < -0.39 is 20.6 Å². The molecule has 2 aromatic carbocycles. The molecule has 2 aromatic rings. The van der Waals surface area contributed by atoms with Gasteiger partial charge in [0, 0.05) is 27.3 Å². The molecule has 112 valence electrons. The molecule has 0 bridgehead atoms. The Morgan fingerprint density at radius 3 is 2.19 bits per heavy atom. The van der Waals surface area contributed by atoms with Gasteiger partial charge in [-0.2, -0.15) is 0 Å². The van der Waals surface area contributed by atoms with Crippen LogP contribution in [0, 0.1) is 0 Å². The van der Waals surface area contributed by atoms with Crippen molar-refractivity contribution < 1.29 is 12.6 Å². The summed E-state index contributed by atoms with van der Waals surface area (Å²) in [5.74, 6) is 0.346. The molecule has 0 heterocycles. The van der Waals surface area contributed by atoms with Crippen LogP contribution in [0.4, 0.5) is 0 Å². The molecule has 0 aromatic heterocycles. The molecule has 0 spiro atoms. The second kappa shape index (κ2) is 7.20. The Bertz CT molecular complexity index is 710. The largest absolute Gasteiger partial charge is 0.259 e. The molecular formula is C15H15ClO3S2. The van der Waals surface area contributed by atoms with Crippen LogP contribution in [-0.4, -0.2) is 24.1 Å². The zero-order valence-corrected chi connectivity index (χ0v) is 13.6. The van der Waals surface area contributed by atoms with Crippen molar-refractivity contribution >= 4 is 32.2 Å². The lowest BCUT2D eigenvalue weighted by atomic mass is 10.2. The fourth-order valence-electron chi connectivity index (χ4n) is 1.79. The molecular weight excluding hydrogens is 328 g/mol. The van der Waals surface area contributed by atoms with E-state index in [9.17, 15) is 12.6 Å². The van der Waals surface area contributed by atoms with Gasteiger partial charge in [-0.15, -0.1) is 0 Å². The molecule has 3 nitrogen and oxygen atoms in total. The van der Waals surface area contributed by atoms with Gasteiger partial charge in [0.25, 0.3) is 0 Å². The van der Waals surface area contributed by atoms with Crippen LogP contribution in [-0.2, 0) is 26.4 Å². The van der Waals surface area contributed by atoms with Gasteiger partial charge in [-0.05, 0) is 29.8 Å². The van der Waals surface area contributed by atoms with Gasteiger partial charge in [0.1, 0.15) is 0 Å². The Labute approximate surface area is 132 Å². The number of sulfone groups is 1. The smallest absolute Gasteiger partial charge is 0.179 e. The summed E-state index contributed by atoms with van der Waals surface area (Å²) in [7, 11) is -4.59. The standard InChI is InChI=1S/C15H15ClO3S2/c16-14-8-6-13(7-9-14)12-20(17)10-11-21(18,19)15-4-2-1-3-5-15/h1-9H,10-12H2/t20-/m0/s1. The van der Waals surface area contributed by atoms with Gasteiger partial charge in [0.2, 0.25) is 0 Å². The first-order chi connectivity index (χ1) is 9.97. The maximum atomic E-state index is 12.1. The van der Waals surface area contributed by atoms with Crippen molar-refractivity contribution in [1.29, 1.82) is 0 Å².